The van der Waals surface area contributed by atoms with E-state index in [0.29, 0.717) is 18.5 Å². The largest absolute Gasteiger partial charge is 0.381 e. The molecule has 1 unspecified atom stereocenters. The fourth-order valence-corrected chi connectivity index (χ4v) is 2.92. The van der Waals surface area contributed by atoms with Gasteiger partial charge in [-0.1, -0.05) is 0 Å². The second kappa shape index (κ2) is 7.22. The zero-order valence-corrected chi connectivity index (χ0v) is 12.2. The van der Waals surface area contributed by atoms with Gasteiger partial charge in [0.2, 0.25) is 5.91 Å². The molecule has 110 valence electrons. The molecule has 1 atom stereocenters. The van der Waals surface area contributed by atoms with E-state index in [1.807, 2.05) is 11.9 Å². The van der Waals surface area contributed by atoms with Crippen molar-refractivity contribution in [1.82, 2.24) is 15.1 Å². The Kier molecular flexibility index (Phi) is 5.60. The fourth-order valence-electron chi connectivity index (χ4n) is 2.92. The van der Waals surface area contributed by atoms with Crippen LogP contribution in [0.2, 0.25) is 0 Å². The molecule has 2 saturated heterocycles. The molecule has 19 heavy (non-hydrogen) atoms. The maximum absolute atomic E-state index is 12.3. The first-order valence-corrected chi connectivity index (χ1v) is 7.46. The number of ether oxygens (including phenoxy) is 1. The lowest BCUT2D eigenvalue weighted by atomic mass is 10.1. The molecular formula is C14H27N3O2. The van der Waals surface area contributed by atoms with Crippen molar-refractivity contribution in [2.75, 3.05) is 46.4 Å². The second-order valence-corrected chi connectivity index (χ2v) is 5.69. The van der Waals surface area contributed by atoms with E-state index in [-0.39, 0.29) is 5.91 Å². The third-order valence-corrected chi connectivity index (χ3v) is 4.38. The summed E-state index contributed by atoms with van der Waals surface area (Å²) in [7, 11) is 1.95. The third-order valence-electron chi connectivity index (χ3n) is 4.38. The first-order chi connectivity index (χ1) is 9.18. The molecule has 1 amide bonds. The summed E-state index contributed by atoms with van der Waals surface area (Å²) in [6, 6.07) is 0.716. The fraction of sp³-hybridized carbons (Fsp3) is 0.929. The van der Waals surface area contributed by atoms with E-state index < -0.39 is 0 Å². The van der Waals surface area contributed by atoms with Crippen LogP contribution in [-0.2, 0) is 9.53 Å². The minimum Gasteiger partial charge on any atom is -0.381 e. The average Bonchev–Trinajstić information content (AvgIpc) is 2.48. The predicted molar refractivity (Wildman–Crippen MR) is 75.1 cm³/mol. The first kappa shape index (κ1) is 14.8. The van der Waals surface area contributed by atoms with Crippen LogP contribution >= 0.6 is 0 Å². The Labute approximate surface area is 116 Å². The average molecular weight is 269 g/mol. The first-order valence-electron chi connectivity index (χ1n) is 7.46. The number of carbonyl (C=O) groups is 1. The number of rotatable bonds is 4. The molecule has 2 heterocycles. The minimum atomic E-state index is 0.276. The highest BCUT2D eigenvalue weighted by atomic mass is 16.5. The molecule has 0 aromatic heterocycles. The standard InChI is InChI=1S/C14H27N3O2/c1-12(17-7-5-15-6-8-17)11-14(18)16(2)13-3-9-19-10-4-13/h12-13,15H,3-11H2,1-2H3. The Balaban J connectivity index is 1.78. The predicted octanol–water partition coefficient (Wildman–Crippen LogP) is 0.308. The minimum absolute atomic E-state index is 0.276. The van der Waals surface area contributed by atoms with Gasteiger partial charge in [0.1, 0.15) is 0 Å². The summed E-state index contributed by atoms with van der Waals surface area (Å²) in [6.45, 7) is 7.92. The molecule has 5 heteroatoms. The molecule has 2 aliphatic heterocycles. The lowest BCUT2D eigenvalue weighted by Crippen LogP contribution is -2.49. The number of nitrogens with one attached hydrogen (secondary N) is 1. The van der Waals surface area contributed by atoms with Crippen molar-refractivity contribution < 1.29 is 9.53 Å². The molecule has 5 nitrogen and oxygen atoms in total. The van der Waals surface area contributed by atoms with Crippen LogP contribution in [0.15, 0.2) is 0 Å². The molecular weight excluding hydrogens is 242 g/mol. The van der Waals surface area contributed by atoms with Crippen molar-refractivity contribution in [3.05, 3.63) is 0 Å². The van der Waals surface area contributed by atoms with Gasteiger partial charge in [0.05, 0.1) is 0 Å². The molecule has 1 N–H and O–H groups in total. The van der Waals surface area contributed by atoms with Crippen LogP contribution < -0.4 is 5.32 Å². The van der Waals surface area contributed by atoms with Crippen LogP contribution in [-0.4, -0.2) is 74.2 Å². The van der Waals surface area contributed by atoms with Crippen LogP contribution in [0.25, 0.3) is 0 Å². The number of amides is 1. The molecule has 0 radical (unpaired) electrons. The lowest BCUT2D eigenvalue weighted by molar-refractivity contribution is -0.134. The Morgan fingerprint density at radius 3 is 2.63 bits per heavy atom. The van der Waals surface area contributed by atoms with Crippen molar-refractivity contribution in [2.24, 2.45) is 0 Å². The highest BCUT2D eigenvalue weighted by Gasteiger charge is 2.25. The highest BCUT2D eigenvalue weighted by Crippen LogP contribution is 2.15. The highest BCUT2D eigenvalue weighted by molar-refractivity contribution is 5.76. The summed E-state index contributed by atoms with van der Waals surface area (Å²) < 4.78 is 5.35. The topological polar surface area (TPSA) is 44.8 Å². The van der Waals surface area contributed by atoms with Crippen molar-refractivity contribution in [1.29, 1.82) is 0 Å². The number of carbonyl (C=O) groups excluding carboxylic acids is 1. The smallest absolute Gasteiger partial charge is 0.224 e. The Bertz CT molecular complexity index is 286. The third kappa shape index (κ3) is 4.16. The number of hydrogen-bond acceptors (Lipinski definition) is 4. The van der Waals surface area contributed by atoms with Crippen LogP contribution in [0.3, 0.4) is 0 Å². The van der Waals surface area contributed by atoms with E-state index in [1.165, 1.54) is 0 Å². The molecule has 0 saturated carbocycles. The quantitative estimate of drug-likeness (QED) is 0.798. The van der Waals surface area contributed by atoms with Crippen molar-refractivity contribution in [3.63, 3.8) is 0 Å². The Morgan fingerprint density at radius 2 is 2.00 bits per heavy atom. The SMILES string of the molecule is CC(CC(=O)N(C)C1CCOCC1)N1CCNCC1. The van der Waals surface area contributed by atoms with E-state index in [2.05, 4.69) is 17.1 Å². The summed E-state index contributed by atoms with van der Waals surface area (Å²) in [5.74, 6) is 0.276. The van der Waals surface area contributed by atoms with Crippen LogP contribution in [0, 0.1) is 0 Å². The zero-order valence-electron chi connectivity index (χ0n) is 12.2. The van der Waals surface area contributed by atoms with Gasteiger partial charge in [-0.15, -0.1) is 0 Å². The van der Waals surface area contributed by atoms with Crippen molar-refractivity contribution >= 4 is 5.91 Å². The summed E-state index contributed by atoms with van der Waals surface area (Å²) >= 11 is 0. The molecule has 0 aromatic carbocycles. The van der Waals surface area contributed by atoms with Gasteiger partial charge < -0.3 is 15.0 Å². The lowest BCUT2D eigenvalue weighted by Gasteiger charge is -2.35. The van der Waals surface area contributed by atoms with Gasteiger partial charge in [0.15, 0.2) is 0 Å². The van der Waals surface area contributed by atoms with Gasteiger partial charge in [-0.3, -0.25) is 9.69 Å². The summed E-state index contributed by atoms with van der Waals surface area (Å²) in [5, 5.41) is 3.35. The zero-order chi connectivity index (χ0) is 13.7. The second-order valence-electron chi connectivity index (χ2n) is 5.69. The molecule has 2 rings (SSSR count). The van der Waals surface area contributed by atoms with Gasteiger partial charge >= 0.3 is 0 Å². The molecule has 0 spiro atoms. The van der Waals surface area contributed by atoms with E-state index in [9.17, 15) is 4.79 Å². The van der Waals surface area contributed by atoms with Crippen LogP contribution in [0.1, 0.15) is 26.2 Å². The number of hydrogen-bond donors (Lipinski definition) is 1. The molecule has 0 aromatic rings. The van der Waals surface area contributed by atoms with Crippen molar-refractivity contribution in [3.8, 4) is 0 Å². The number of nitrogens with zero attached hydrogens (tertiary/aromatic N) is 2. The maximum atomic E-state index is 12.3. The number of piperazine rings is 1. The van der Waals surface area contributed by atoms with E-state index in [1.54, 1.807) is 0 Å². The Hall–Kier alpha value is -0.650. The van der Waals surface area contributed by atoms with Gasteiger partial charge in [-0.2, -0.15) is 0 Å². The van der Waals surface area contributed by atoms with E-state index in [0.717, 1.165) is 52.2 Å². The van der Waals surface area contributed by atoms with E-state index >= 15 is 0 Å². The van der Waals surface area contributed by atoms with Crippen LogP contribution in [0.5, 0.6) is 0 Å². The molecule has 0 aliphatic carbocycles. The van der Waals surface area contributed by atoms with Gasteiger partial charge in [-0.05, 0) is 19.8 Å². The van der Waals surface area contributed by atoms with E-state index in [4.69, 9.17) is 4.74 Å². The maximum Gasteiger partial charge on any atom is 0.224 e. The summed E-state index contributed by atoms with van der Waals surface area (Å²) in [4.78, 5) is 16.7. The van der Waals surface area contributed by atoms with Gasteiger partial charge in [0, 0.05) is 64.9 Å². The normalized spacial score (nSPS) is 24.1. The van der Waals surface area contributed by atoms with Crippen molar-refractivity contribution in [2.45, 2.75) is 38.3 Å². The monoisotopic (exact) mass is 269 g/mol. The van der Waals surface area contributed by atoms with Crippen LogP contribution in [0.4, 0.5) is 0 Å². The summed E-state index contributed by atoms with van der Waals surface area (Å²) in [6.07, 6.45) is 2.59. The summed E-state index contributed by atoms with van der Waals surface area (Å²) in [5.41, 5.74) is 0. The Morgan fingerprint density at radius 1 is 1.37 bits per heavy atom. The molecule has 0 bridgehead atoms. The van der Waals surface area contributed by atoms with Gasteiger partial charge in [0.25, 0.3) is 0 Å². The molecule has 2 aliphatic rings. The van der Waals surface area contributed by atoms with Gasteiger partial charge in [-0.25, -0.2) is 0 Å². The molecule has 2 fully saturated rings.